The molecule has 3 rings (SSSR count). The molecular weight excluding hydrogens is 304 g/mol. The Labute approximate surface area is 132 Å². The first kappa shape index (κ1) is 14.5. The molecule has 2 aromatic heterocycles. The van der Waals surface area contributed by atoms with Crippen LogP contribution in [0, 0.1) is 0 Å². The molecule has 112 valence electrons. The van der Waals surface area contributed by atoms with Crippen LogP contribution in [0.25, 0.3) is 0 Å². The molecule has 1 unspecified atom stereocenters. The fourth-order valence-corrected chi connectivity index (χ4v) is 3.97. The fraction of sp³-hybridized carbons (Fsp3) is 0.500. The Hall–Kier alpha value is -1.47. The largest absolute Gasteiger partial charge is 0.338 e. The number of amides is 2. The third kappa shape index (κ3) is 3.59. The standard InChI is InChI=1S/C14H18N4OS2/c19-14(16-5-4-11-9-20-10-17-11)18-7-2-1-3-12(18)13-15-6-8-21-13/h6,8-10,12H,1-5,7H2,(H,16,19). The van der Waals surface area contributed by atoms with E-state index in [1.165, 1.54) is 0 Å². The Kier molecular flexibility index (Phi) is 4.82. The maximum Gasteiger partial charge on any atom is 0.318 e. The molecule has 3 heterocycles. The van der Waals surface area contributed by atoms with Crippen LogP contribution < -0.4 is 5.32 Å². The quantitative estimate of drug-likeness (QED) is 0.941. The summed E-state index contributed by atoms with van der Waals surface area (Å²) >= 11 is 3.22. The van der Waals surface area contributed by atoms with Crippen molar-refractivity contribution < 1.29 is 4.79 Å². The van der Waals surface area contributed by atoms with E-state index < -0.39 is 0 Å². The van der Waals surface area contributed by atoms with Gasteiger partial charge in [-0.3, -0.25) is 0 Å². The zero-order valence-electron chi connectivity index (χ0n) is 11.7. The van der Waals surface area contributed by atoms with Gasteiger partial charge in [0.05, 0.1) is 17.2 Å². The highest BCUT2D eigenvalue weighted by Crippen LogP contribution is 2.31. The van der Waals surface area contributed by atoms with Crippen LogP contribution in [0.2, 0.25) is 0 Å². The third-order valence-electron chi connectivity index (χ3n) is 3.64. The molecule has 2 aromatic rings. The summed E-state index contributed by atoms with van der Waals surface area (Å²) in [5.74, 6) is 0. The topological polar surface area (TPSA) is 58.1 Å². The molecule has 0 radical (unpaired) electrons. The second-order valence-electron chi connectivity index (χ2n) is 5.04. The highest BCUT2D eigenvalue weighted by molar-refractivity contribution is 7.09. The summed E-state index contributed by atoms with van der Waals surface area (Å²) in [5.41, 5.74) is 2.86. The van der Waals surface area contributed by atoms with E-state index in [1.807, 2.05) is 27.4 Å². The minimum atomic E-state index is 0.0186. The van der Waals surface area contributed by atoms with E-state index in [1.54, 1.807) is 22.7 Å². The first-order chi connectivity index (χ1) is 10.3. The summed E-state index contributed by atoms with van der Waals surface area (Å²) in [6.45, 7) is 1.44. The van der Waals surface area contributed by atoms with Crippen molar-refractivity contribution in [2.24, 2.45) is 0 Å². The predicted molar refractivity (Wildman–Crippen MR) is 84.6 cm³/mol. The summed E-state index contributed by atoms with van der Waals surface area (Å²) in [6.07, 6.45) is 5.83. The van der Waals surface area contributed by atoms with Crippen LogP contribution in [0.5, 0.6) is 0 Å². The average molecular weight is 322 g/mol. The van der Waals surface area contributed by atoms with Gasteiger partial charge in [0.25, 0.3) is 0 Å². The summed E-state index contributed by atoms with van der Waals surface area (Å²) < 4.78 is 0. The lowest BCUT2D eigenvalue weighted by atomic mass is 10.0. The number of nitrogens with one attached hydrogen (secondary N) is 1. The minimum absolute atomic E-state index is 0.0186. The van der Waals surface area contributed by atoms with Gasteiger partial charge in [-0.2, -0.15) is 0 Å². The number of carbonyl (C=O) groups excluding carboxylic acids is 1. The molecule has 0 spiro atoms. The zero-order valence-corrected chi connectivity index (χ0v) is 13.3. The van der Waals surface area contributed by atoms with Crippen LogP contribution in [0.1, 0.15) is 36.0 Å². The van der Waals surface area contributed by atoms with Gasteiger partial charge in [-0.15, -0.1) is 22.7 Å². The van der Waals surface area contributed by atoms with Crippen molar-refractivity contribution in [1.29, 1.82) is 0 Å². The maximum atomic E-state index is 12.4. The number of carbonyl (C=O) groups is 1. The Bertz CT molecular complexity index is 556. The number of urea groups is 1. The van der Waals surface area contributed by atoms with Crippen LogP contribution in [0.4, 0.5) is 4.79 Å². The second kappa shape index (κ2) is 7.00. The van der Waals surface area contributed by atoms with Crippen LogP contribution in [0.3, 0.4) is 0 Å². The molecule has 1 saturated heterocycles. The SMILES string of the molecule is O=C(NCCc1cscn1)N1CCCCC1c1nccs1. The van der Waals surface area contributed by atoms with E-state index in [0.29, 0.717) is 6.54 Å². The number of rotatable bonds is 4. The van der Waals surface area contributed by atoms with Gasteiger partial charge in [0, 0.05) is 36.5 Å². The number of thiazole rings is 2. The molecule has 1 N–H and O–H groups in total. The van der Waals surface area contributed by atoms with Gasteiger partial charge in [-0.05, 0) is 19.3 Å². The fourth-order valence-electron chi connectivity index (χ4n) is 2.59. The highest BCUT2D eigenvalue weighted by Gasteiger charge is 2.29. The molecule has 21 heavy (non-hydrogen) atoms. The Balaban J connectivity index is 1.56. The van der Waals surface area contributed by atoms with Gasteiger partial charge < -0.3 is 10.2 Å². The van der Waals surface area contributed by atoms with Crippen LogP contribution in [-0.2, 0) is 6.42 Å². The molecule has 0 saturated carbocycles. The van der Waals surface area contributed by atoms with Gasteiger partial charge in [-0.1, -0.05) is 0 Å². The van der Waals surface area contributed by atoms with Crippen LogP contribution in [0.15, 0.2) is 22.5 Å². The number of nitrogens with zero attached hydrogens (tertiary/aromatic N) is 3. The van der Waals surface area contributed by atoms with E-state index in [0.717, 1.165) is 42.9 Å². The number of likely N-dealkylation sites (tertiary alicyclic amines) is 1. The van der Waals surface area contributed by atoms with Gasteiger partial charge in [0.2, 0.25) is 0 Å². The van der Waals surface area contributed by atoms with Crippen molar-refractivity contribution >= 4 is 28.7 Å². The zero-order chi connectivity index (χ0) is 14.5. The molecular formula is C14H18N4OS2. The maximum absolute atomic E-state index is 12.4. The smallest absolute Gasteiger partial charge is 0.318 e. The summed E-state index contributed by atoms with van der Waals surface area (Å²) in [4.78, 5) is 22.9. The monoisotopic (exact) mass is 322 g/mol. The van der Waals surface area contributed by atoms with E-state index in [4.69, 9.17) is 0 Å². The van der Waals surface area contributed by atoms with Crippen LogP contribution >= 0.6 is 22.7 Å². The molecule has 0 bridgehead atoms. The van der Waals surface area contributed by atoms with Crippen molar-refractivity contribution in [3.05, 3.63) is 33.2 Å². The summed E-state index contributed by atoms with van der Waals surface area (Å²) in [6, 6.07) is 0.156. The van der Waals surface area contributed by atoms with E-state index >= 15 is 0 Å². The molecule has 1 aliphatic heterocycles. The van der Waals surface area contributed by atoms with E-state index in [-0.39, 0.29) is 12.1 Å². The number of piperidine rings is 1. The highest BCUT2D eigenvalue weighted by atomic mass is 32.1. The lowest BCUT2D eigenvalue weighted by Gasteiger charge is -2.34. The molecule has 0 aliphatic carbocycles. The Morgan fingerprint density at radius 2 is 2.38 bits per heavy atom. The van der Waals surface area contributed by atoms with Crippen molar-refractivity contribution in [2.45, 2.75) is 31.7 Å². The minimum Gasteiger partial charge on any atom is -0.338 e. The molecule has 1 atom stereocenters. The molecule has 5 nitrogen and oxygen atoms in total. The van der Waals surface area contributed by atoms with Gasteiger partial charge in [-0.25, -0.2) is 14.8 Å². The van der Waals surface area contributed by atoms with Crippen molar-refractivity contribution in [3.63, 3.8) is 0 Å². The Morgan fingerprint density at radius 1 is 1.43 bits per heavy atom. The lowest BCUT2D eigenvalue weighted by molar-refractivity contribution is 0.151. The molecule has 0 aromatic carbocycles. The molecule has 7 heteroatoms. The first-order valence-electron chi connectivity index (χ1n) is 7.15. The normalized spacial score (nSPS) is 18.7. The third-order valence-corrected chi connectivity index (χ3v) is 5.15. The van der Waals surface area contributed by atoms with Crippen molar-refractivity contribution in [1.82, 2.24) is 20.2 Å². The summed E-state index contributed by atoms with van der Waals surface area (Å²) in [7, 11) is 0. The second-order valence-corrected chi connectivity index (χ2v) is 6.68. The first-order valence-corrected chi connectivity index (χ1v) is 8.98. The van der Waals surface area contributed by atoms with E-state index in [2.05, 4.69) is 15.3 Å². The number of aromatic nitrogens is 2. The lowest BCUT2D eigenvalue weighted by Crippen LogP contribution is -2.45. The van der Waals surface area contributed by atoms with Gasteiger partial charge in [0.1, 0.15) is 5.01 Å². The van der Waals surface area contributed by atoms with Crippen molar-refractivity contribution in [2.75, 3.05) is 13.1 Å². The van der Waals surface area contributed by atoms with Crippen LogP contribution in [-0.4, -0.2) is 34.0 Å². The number of hydrogen-bond donors (Lipinski definition) is 1. The molecule has 1 aliphatic rings. The molecule has 2 amide bonds. The summed E-state index contributed by atoms with van der Waals surface area (Å²) in [5, 5.41) is 8.05. The number of hydrogen-bond acceptors (Lipinski definition) is 5. The Morgan fingerprint density at radius 3 is 3.14 bits per heavy atom. The van der Waals surface area contributed by atoms with Gasteiger partial charge in [0.15, 0.2) is 0 Å². The predicted octanol–water partition coefficient (Wildman–Crippen LogP) is 3.08. The molecule has 1 fully saturated rings. The van der Waals surface area contributed by atoms with Gasteiger partial charge >= 0.3 is 6.03 Å². The van der Waals surface area contributed by atoms with E-state index in [9.17, 15) is 4.79 Å². The average Bonchev–Trinajstić information content (AvgIpc) is 3.20. The van der Waals surface area contributed by atoms with Crippen molar-refractivity contribution in [3.8, 4) is 0 Å².